The van der Waals surface area contributed by atoms with E-state index in [1.807, 2.05) is 0 Å². The Balaban J connectivity index is 1.58. The van der Waals surface area contributed by atoms with Crippen LogP contribution in [0.2, 0.25) is 0 Å². The number of hydrogen-bond donors (Lipinski definition) is 1. The van der Waals surface area contributed by atoms with Crippen LogP contribution in [0.5, 0.6) is 0 Å². The van der Waals surface area contributed by atoms with Crippen molar-refractivity contribution >= 4 is 26.8 Å². The Bertz CT molecular complexity index is 1440. The highest BCUT2D eigenvalue weighted by atomic mass is 32.2. The number of nitrogens with zero attached hydrogens (tertiary/aromatic N) is 3. The zero-order valence-corrected chi connectivity index (χ0v) is 18.6. The normalized spacial score (nSPS) is 17.5. The van der Waals surface area contributed by atoms with E-state index in [-0.39, 0.29) is 35.8 Å². The standard InChI is InChI=1S/C23H21FN4O4S/c1-14-21-18(23(29)25-12-15-4-6-16(24)7-5-15)11-19(20-3-2-9-32-20)26-22(21)28(27-14)17-8-10-33(30,31)13-17/h2-7,9,11,17H,8,10,12-13H2,1H3,(H,25,29). The van der Waals surface area contributed by atoms with Crippen molar-refractivity contribution in [3.05, 3.63) is 71.4 Å². The molecule has 1 aliphatic heterocycles. The van der Waals surface area contributed by atoms with Gasteiger partial charge in [-0.05, 0) is 49.2 Å². The maximum atomic E-state index is 13.2. The Labute approximate surface area is 189 Å². The first kappa shape index (κ1) is 21.3. The highest BCUT2D eigenvalue weighted by Gasteiger charge is 2.32. The molecule has 1 unspecified atom stereocenters. The molecule has 8 nitrogen and oxygen atoms in total. The van der Waals surface area contributed by atoms with Crippen molar-refractivity contribution in [2.24, 2.45) is 0 Å². The second-order valence-electron chi connectivity index (χ2n) is 8.13. The predicted octanol–water partition coefficient (Wildman–Crippen LogP) is 3.43. The minimum Gasteiger partial charge on any atom is -0.463 e. The van der Waals surface area contributed by atoms with Crippen LogP contribution < -0.4 is 5.32 Å². The van der Waals surface area contributed by atoms with Crippen LogP contribution in [-0.4, -0.2) is 40.6 Å². The number of carbonyl (C=O) groups is 1. The van der Waals surface area contributed by atoms with Crippen molar-refractivity contribution in [2.75, 3.05) is 11.5 Å². The third kappa shape index (κ3) is 4.13. The Hall–Kier alpha value is -3.53. The van der Waals surface area contributed by atoms with Gasteiger partial charge in [0, 0.05) is 6.54 Å². The van der Waals surface area contributed by atoms with Gasteiger partial charge in [-0.15, -0.1) is 0 Å². The van der Waals surface area contributed by atoms with Gasteiger partial charge in [0.05, 0.1) is 40.5 Å². The summed E-state index contributed by atoms with van der Waals surface area (Å²) in [5.41, 5.74) is 2.58. The quantitative estimate of drug-likeness (QED) is 0.481. The lowest BCUT2D eigenvalue weighted by atomic mass is 10.1. The van der Waals surface area contributed by atoms with Crippen molar-refractivity contribution in [1.82, 2.24) is 20.1 Å². The van der Waals surface area contributed by atoms with Crippen molar-refractivity contribution < 1.29 is 22.0 Å². The van der Waals surface area contributed by atoms with Gasteiger partial charge in [0.1, 0.15) is 11.5 Å². The fraction of sp³-hybridized carbons (Fsp3) is 0.261. The van der Waals surface area contributed by atoms with Gasteiger partial charge in [-0.2, -0.15) is 5.10 Å². The SMILES string of the molecule is Cc1nn(C2CCS(=O)(=O)C2)c2nc(-c3ccco3)cc(C(=O)NCc3ccc(F)cc3)c12. The minimum atomic E-state index is -3.14. The number of aromatic nitrogens is 3. The van der Waals surface area contributed by atoms with E-state index < -0.39 is 9.84 Å². The van der Waals surface area contributed by atoms with E-state index >= 15 is 0 Å². The van der Waals surface area contributed by atoms with Crippen molar-refractivity contribution in [1.29, 1.82) is 0 Å². The van der Waals surface area contributed by atoms with E-state index in [1.54, 1.807) is 41.9 Å². The van der Waals surface area contributed by atoms with Gasteiger partial charge >= 0.3 is 0 Å². The van der Waals surface area contributed by atoms with Crippen molar-refractivity contribution in [3.8, 4) is 11.5 Å². The molecule has 1 N–H and O–H groups in total. The van der Waals surface area contributed by atoms with Crippen molar-refractivity contribution in [2.45, 2.75) is 25.9 Å². The van der Waals surface area contributed by atoms with E-state index in [4.69, 9.17) is 9.40 Å². The molecule has 3 aromatic heterocycles. The molecule has 4 heterocycles. The molecule has 33 heavy (non-hydrogen) atoms. The smallest absolute Gasteiger partial charge is 0.252 e. The fourth-order valence-electron chi connectivity index (χ4n) is 4.15. The van der Waals surface area contributed by atoms with E-state index in [0.717, 1.165) is 5.56 Å². The summed E-state index contributed by atoms with van der Waals surface area (Å²) in [6.45, 7) is 1.99. The van der Waals surface area contributed by atoms with E-state index in [1.165, 1.54) is 18.4 Å². The number of furan rings is 1. The van der Waals surface area contributed by atoms with Gasteiger partial charge in [0.15, 0.2) is 21.2 Å². The fourth-order valence-corrected chi connectivity index (χ4v) is 5.84. The van der Waals surface area contributed by atoms with Crippen LogP contribution in [0.25, 0.3) is 22.5 Å². The van der Waals surface area contributed by atoms with E-state index in [2.05, 4.69) is 10.4 Å². The third-order valence-corrected chi connectivity index (χ3v) is 7.53. The molecule has 1 atom stereocenters. The number of benzene rings is 1. The summed E-state index contributed by atoms with van der Waals surface area (Å²) in [4.78, 5) is 17.9. The average Bonchev–Trinajstić information content (AvgIpc) is 3.52. The zero-order chi connectivity index (χ0) is 23.2. The van der Waals surface area contributed by atoms with Gasteiger partial charge in [-0.25, -0.2) is 22.5 Å². The van der Waals surface area contributed by atoms with Crippen LogP contribution in [0, 0.1) is 12.7 Å². The van der Waals surface area contributed by atoms with Gasteiger partial charge in [-0.3, -0.25) is 4.79 Å². The molecule has 0 aliphatic carbocycles. The lowest BCUT2D eigenvalue weighted by Gasteiger charge is -2.12. The van der Waals surface area contributed by atoms with Gasteiger partial charge in [0.2, 0.25) is 0 Å². The molecule has 1 aromatic carbocycles. The number of pyridine rings is 1. The Morgan fingerprint density at radius 2 is 2.06 bits per heavy atom. The number of aryl methyl sites for hydroxylation is 1. The molecule has 1 fully saturated rings. The molecule has 0 bridgehead atoms. The third-order valence-electron chi connectivity index (χ3n) is 5.78. The van der Waals surface area contributed by atoms with Crippen LogP contribution in [0.1, 0.15) is 34.1 Å². The van der Waals surface area contributed by atoms with Gasteiger partial charge in [-0.1, -0.05) is 12.1 Å². The van der Waals surface area contributed by atoms with Crippen LogP contribution in [0.4, 0.5) is 4.39 Å². The Morgan fingerprint density at radius 1 is 1.27 bits per heavy atom. The number of nitrogens with one attached hydrogen (secondary N) is 1. The molecule has 10 heteroatoms. The Morgan fingerprint density at radius 3 is 2.73 bits per heavy atom. The van der Waals surface area contributed by atoms with E-state index in [0.29, 0.717) is 40.2 Å². The molecule has 0 radical (unpaired) electrons. The zero-order valence-electron chi connectivity index (χ0n) is 17.8. The number of sulfone groups is 1. The maximum absolute atomic E-state index is 13.2. The largest absolute Gasteiger partial charge is 0.463 e. The molecule has 5 rings (SSSR count). The predicted molar refractivity (Wildman–Crippen MR) is 120 cm³/mol. The summed E-state index contributed by atoms with van der Waals surface area (Å²) >= 11 is 0. The number of carbonyl (C=O) groups excluding carboxylic acids is 1. The molecular formula is C23H21FN4O4S. The highest BCUT2D eigenvalue weighted by Crippen LogP contribution is 2.32. The number of amides is 1. The van der Waals surface area contributed by atoms with Crippen LogP contribution in [0.3, 0.4) is 0 Å². The first-order valence-corrected chi connectivity index (χ1v) is 12.3. The molecule has 1 amide bonds. The molecule has 4 aromatic rings. The van der Waals surface area contributed by atoms with Crippen LogP contribution in [-0.2, 0) is 16.4 Å². The van der Waals surface area contributed by atoms with Crippen molar-refractivity contribution in [3.63, 3.8) is 0 Å². The second-order valence-corrected chi connectivity index (χ2v) is 10.4. The Kier molecular flexibility index (Phi) is 5.24. The lowest BCUT2D eigenvalue weighted by Crippen LogP contribution is -2.23. The van der Waals surface area contributed by atoms with E-state index in [9.17, 15) is 17.6 Å². The van der Waals surface area contributed by atoms with Crippen LogP contribution >= 0.6 is 0 Å². The molecule has 0 spiro atoms. The van der Waals surface area contributed by atoms with Gasteiger partial charge in [0.25, 0.3) is 5.91 Å². The maximum Gasteiger partial charge on any atom is 0.252 e. The second kappa shape index (κ2) is 8.11. The number of fused-ring (bicyclic) bond motifs is 1. The summed E-state index contributed by atoms with van der Waals surface area (Å²) in [7, 11) is -3.14. The summed E-state index contributed by atoms with van der Waals surface area (Å²) in [5, 5.41) is 8.00. The molecule has 0 saturated carbocycles. The monoisotopic (exact) mass is 468 g/mol. The summed E-state index contributed by atoms with van der Waals surface area (Å²) < 4.78 is 44.4. The van der Waals surface area contributed by atoms with Gasteiger partial charge < -0.3 is 9.73 Å². The topological polar surface area (TPSA) is 107 Å². The van der Waals surface area contributed by atoms with Crippen LogP contribution in [0.15, 0.2) is 53.1 Å². The molecule has 170 valence electrons. The summed E-state index contributed by atoms with van der Waals surface area (Å²) in [6, 6.07) is 10.7. The average molecular weight is 469 g/mol. The first-order chi connectivity index (χ1) is 15.8. The molecule has 1 saturated heterocycles. The minimum absolute atomic E-state index is 0.0119. The summed E-state index contributed by atoms with van der Waals surface area (Å²) in [6.07, 6.45) is 1.96. The number of halogens is 1. The molecule has 1 aliphatic rings. The number of hydrogen-bond acceptors (Lipinski definition) is 6. The summed E-state index contributed by atoms with van der Waals surface area (Å²) in [5.74, 6) is -0.126. The number of rotatable bonds is 5. The highest BCUT2D eigenvalue weighted by molar-refractivity contribution is 7.91. The first-order valence-electron chi connectivity index (χ1n) is 10.5. The lowest BCUT2D eigenvalue weighted by molar-refractivity contribution is 0.0952. The molecular weight excluding hydrogens is 447 g/mol.